The Kier molecular flexibility index (Phi) is 5.71. The molecule has 3 aromatic rings. The Morgan fingerprint density at radius 2 is 1.88 bits per heavy atom. The molecule has 0 radical (unpaired) electrons. The lowest BCUT2D eigenvalue weighted by atomic mass is 10.2. The molecular formula is C19H16Cl2N4O. The quantitative estimate of drug-likeness (QED) is 0.683. The highest BCUT2D eigenvalue weighted by atomic mass is 35.5. The lowest BCUT2D eigenvalue weighted by molar-refractivity contribution is 0.0779. The number of nitrogens with zero attached hydrogens (tertiary/aromatic N) is 3. The summed E-state index contributed by atoms with van der Waals surface area (Å²) in [5, 5.41) is 4.00. The second-order valence-electron chi connectivity index (χ2n) is 5.66. The summed E-state index contributed by atoms with van der Waals surface area (Å²) >= 11 is 12.1. The van der Waals surface area contributed by atoms with Crippen LogP contribution in [0.25, 0.3) is 0 Å². The minimum Gasteiger partial charge on any atom is -0.336 e. The van der Waals surface area contributed by atoms with E-state index >= 15 is 0 Å². The van der Waals surface area contributed by atoms with Crippen LogP contribution in [0.3, 0.4) is 0 Å². The monoisotopic (exact) mass is 386 g/mol. The second-order valence-corrected chi connectivity index (χ2v) is 6.51. The number of carbonyl (C=O) groups excluding carboxylic acids is 1. The van der Waals surface area contributed by atoms with Gasteiger partial charge in [0, 0.05) is 24.8 Å². The average Bonchev–Trinajstić information content (AvgIpc) is 2.65. The van der Waals surface area contributed by atoms with Crippen LogP contribution in [0, 0.1) is 0 Å². The Balaban J connectivity index is 1.76. The highest BCUT2D eigenvalue weighted by molar-refractivity contribution is 6.35. The van der Waals surface area contributed by atoms with Crippen molar-refractivity contribution in [2.24, 2.45) is 0 Å². The molecule has 3 rings (SSSR count). The molecule has 0 unspecified atom stereocenters. The van der Waals surface area contributed by atoms with E-state index in [9.17, 15) is 4.79 Å². The van der Waals surface area contributed by atoms with Crippen LogP contribution in [0.15, 0.2) is 60.8 Å². The van der Waals surface area contributed by atoms with Crippen LogP contribution in [0.2, 0.25) is 10.0 Å². The number of carbonyl (C=O) groups is 1. The van der Waals surface area contributed by atoms with Crippen molar-refractivity contribution >= 4 is 40.7 Å². The number of amides is 1. The summed E-state index contributed by atoms with van der Waals surface area (Å²) in [5.41, 5.74) is 1.90. The van der Waals surface area contributed by atoms with E-state index in [4.69, 9.17) is 23.2 Å². The average molecular weight is 387 g/mol. The van der Waals surface area contributed by atoms with Gasteiger partial charge in [-0.1, -0.05) is 53.5 Å². The molecule has 7 heteroatoms. The molecule has 2 aromatic carbocycles. The molecule has 26 heavy (non-hydrogen) atoms. The molecule has 132 valence electrons. The van der Waals surface area contributed by atoms with Crippen molar-refractivity contribution in [1.82, 2.24) is 14.9 Å². The van der Waals surface area contributed by atoms with Crippen molar-refractivity contribution in [1.29, 1.82) is 0 Å². The lowest BCUT2D eigenvalue weighted by Gasteiger charge is -2.17. The van der Waals surface area contributed by atoms with E-state index in [0.29, 0.717) is 28.0 Å². The summed E-state index contributed by atoms with van der Waals surface area (Å²) in [7, 11) is 1.73. The number of benzene rings is 2. The van der Waals surface area contributed by atoms with Crippen LogP contribution in [0.4, 0.5) is 11.6 Å². The van der Waals surface area contributed by atoms with E-state index < -0.39 is 0 Å². The molecule has 5 nitrogen and oxygen atoms in total. The number of hydrogen-bond donors (Lipinski definition) is 1. The van der Waals surface area contributed by atoms with Gasteiger partial charge in [0.15, 0.2) is 0 Å². The normalized spacial score (nSPS) is 10.4. The van der Waals surface area contributed by atoms with Crippen molar-refractivity contribution in [3.8, 4) is 0 Å². The fraction of sp³-hybridized carbons (Fsp3) is 0.105. The van der Waals surface area contributed by atoms with Gasteiger partial charge in [0.05, 0.1) is 10.7 Å². The van der Waals surface area contributed by atoms with E-state index in [1.165, 1.54) is 6.20 Å². The maximum atomic E-state index is 12.6. The van der Waals surface area contributed by atoms with Gasteiger partial charge in [0.2, 0.25) is 5.95 Å². The third kappa shape index (κ3) is 4.50. The molecule has 0 saturated carbocycles. The zero-order valence-corrected chi connectivity index (χ0v) is 15.5. The molecule has 0 aliphatic heterocycles. The predicted octanol–water partition coefficient (Wildman–Crippen LogP) is 4.80. The van der Waals surface area contributed by atoms with E-state index in [0.717, 1.165) is 5.56 Å². The van der Waals surface area contributed by atoms with Crippen LogP contribution in [0.1, 0.15) is 16.1 Å². The molecule has 0 bridgehead atoms. The van der Waals surface area contributed by atoms with Gasteiger partial charge >= 0.3 is 0 Å². The molecule has 1 amide bonds. The summed E-state index contributed by atoms with van der Waals surface area (Å²) in [4.78, 5) is 22.7. The molecule has 1 aromatic heterocycles. The van der Waals surface area contributed by atoms with E-state index in [2.05, 4.69) is 15.3 Å². The Bertz CT molecular complexity index is 918. The maximum absolute atomic E-state index is 12.6. The maximum Gasteiger partial charge on any atom is 0.272 e. The minimum atomic E-state index is -0.198. The fourth-order valence-corrected chi connectivity index (χ4v) is 2.71. The molecule has 0 aliphatic carbocycles. The van der Waals surface area contributed by atoms with E-state index in [1.807, 2.05) is 30.3 Å². The SMILES string of the molecule is CN(Cc1ccccc1)C(=O)c1ccnc(Nc2cc(Cl)ccc2Cl)n1. The predicted molar refractivity (Wildman–Crippen MR) is 104 cm³/mol. The first-order valence-electron chi connectivity index (χ1n) is 7.87. The Hall–Kier alpha value is -2.63. The summed E-state index contributed by atoms with van der Waals surface area (Å²) in [6.45, 7) is 0.493. The number of nitrogens with one attached hydrogen (secondary N) is 1. The smallest absolute Gasteiger partial charge is 0.272 e. The van der Waals surface area contributed by atoms with Crippen molar-refractivity contribution in [3.63, 3.8) is 0 Å². The van der Waals surface area contributed by atoms with Crippen LogP contribution in [-0.2, 0) is 6.54 Å². The molecule has 0 fully saturated rings. The second kappa shape index (κ2) is 8.17. The van der Waals surface area contributed by atoms with Crippen molar-refractivity contribution < 1.29 is 4.79 Å². The van der Waals surface area contributed by atoms with Crippen LogP contribution >= 0.6 is 23.2 Å². The molecule has 0 spiro atoms. The number of aromatic nitrogens is 2. The molecule has 1 N–H and O–H groups in total. The third-order valence-electron chi connectivity index (χ3n) is 3.66. The summed E-state index contributed by atoms with van der Waals surface area (Å²) in [6, 6.07) is 16.4. The first-order valence-corrected chi connectivity index (χ1v) is 8.63. The highest BCUT2D eigenvalue weighted by Gasteiger charge is 2.15. The molecule has 0 aliphatic rings. The zero-order valence-electron chi connectivity index (χ0n) is 14.0. The Morgan fingerprint density at radius 1 is 1.12 bits per heavy atom. The first kappa shape index (κ1) is 18.2. The molecule has 1 heterocycles. The lowest BCUT2D eigenvalue weighted by Crippen LogP contribution is -2.27. The number of hydrogen-bond acceptors (Lipinski definition) is 4. The van der Waals surface area contributed by atoms with Gasteiger partial charge in [-0.05, 0) is 29.8 Å². The Morgan fingerprint density at radius 3 is 2.65 bits per heavy atom. The van der Waals surface area contributed by atoms with E-state index in [-0.39, 0.29) is 11.9 Å². The highest BCUT2D eigenvalue weighted by Crippen LogP contribution is 2.27. The van der Waals surface area contributed by atoms with Gasteiger partial charge in [-0.2, -0.15) is 0 Å². The van der Waals surface area contributed by atoms with Crippen molar-refractivity contribution in [2.45, 2.75) is 6.54 Å². The van der Waals surface area contributed by atoms with Crippen molar-refractivity contribution in [3.05, 3.63) is 82.1 Å². The topological polar surface area (TPSA) is 58.1 Å². The van der Waals surface area contributed by atoms with E-state index in [1.54, 1.807) is 36.2 Å². The molecular weight excluding hydrogens is 371 g/mol. The van der Waals surface area contributed by atoms with Gasteiger partial charge in [0.25, 0.3) is 5.91 Å². The third-order valence-corrected chi connectivity index (χ3v) is 4.22. The van der Waals surface area contributed by atoms with Gasteiger partial charge < -0.3 is 10.2 Å². The minimum absolute atomic E-state index is 0.198. The van der Waals surface area contributed by atoms with Crippen molar-refractivity contribution in [2.75, 3.05) is 12.4 Å². The Labute approximate surface area is 161 Å². The zero-order chi connectivity index (χ0) is 18.5. The summed E-state index contributed by atoms with van der Waals surface area (Å²) in [5.74, 6) is 0.0737. The van der Waals surface area contributed by atoms with Crippen LogP contribution in [-0.4, -0.2) is 27.8 Å². The fourth-order valence-electron chi connectivity index (χ4n) is 2.38. The largest absolute Gasteiger partial charge is 0.336 e. The first-order chi connectivity index (χ1) is 12.5. The number of halogens is 2. The summed E-state index contributed by atoms with van der Waals surface area (Å²) < 4.78 is 0. The molecule has 0 saturated heterocycles. The van der Waals surface area contributed by atoms with Crippen LogP contribution in [0.5, 0.6) is 0 Å². The number of anilines is 2. The standard InChI is InChI=1S/C19H16Cl2N4O/c1-25(12-13-5-3-2-4-6-13)18(26)16-9-10-22-19(23-16)24-17-11-14(20)7-8-15(17)21/h2-11H,12H2,1H3,(H,22,23,24). The van der Waals surface area contributed by atoms with Crippen LogP contribution < -0.4 is 5.32 Å². The van der Waals surface area contributed by atoms with Gasteiger partial charge in [-0.25, -0.2) is 9.97 Å². The summed E-state index contributed by atoms with van der Waals surface area (Å²) in [6.07, 6.45) is 1.53. The molecule has 0 atom stereocenters. The number of rotatable bonds is 5. The van der Waals surface area contributed by atoms with Gasteiger partial charge in [-0.3, -0.25) is 4.79 Å². The van der Waals surface area contributed by atoms with Gasteiger partial charge in [0.1, 0.15) is 5.69 Å². The van der Waals surface area contributed by atoms with Gasteiger partial charge in [-0.15, -0.1) is 0 Å².